The fourth-order valence-electron chi connectivity index (χ4n) is 1.34. The quantitative estimate of drug-likeness (QED) is 0.553. The van der Waals surface area contributed by atoms with Crippen LogP contribution < -0.4 is 0 Å². The molecule has 2 rings (SSSR count). The second-order valence-corrected chi connectivity index (χ2v) is 3.30. The van der Waals surface area contributed by atoms with Gasteiger partial charge in [0.15, 0.2) is 0 Å². The molecule has 0 saturated carbocycles. The molecule has 0 aliphatic heterocycles. The standard InChI is InChI=1S/C12H10N2S/c15-8-4-7-11-9-13-14-12(11)10-5-2-1-3-6-10/h1-3,5-6,9,15H,8H2,(H,13,14). The lowest BCUT2D eigenvalue weighted by Crippen LogP contribution is -1.81. The molecular formula is C12H10N2S. The summed E-state index contributed by atoms with van der Waals surface area (Å²) in [6.45, 7) is 0. The number of aromatic nitrogens is 2. The molecule has 0 aliphatic carbocycles. The topological polar surface area (TPSA) is 28.7 Å². The van der Waals surface area contributed by atoms with Crippen LogP contribution in [0.25, 0.3) is 11.3 Å². The molecule has 2 aromatic rings. The maximum atomic E-state index is 4.05. The van der Waals surface area contributed by atoms with Gasteiger partial charge in [0.1, 0.15) is 0 Å². The lowest BCUT2D eigenvalue weighted by atomic mass is 10.1. The van der Waals surface area contributed by atoms with Gasteiger partial charge in [-0.25, -0.2) is 0 Å². The number of hydrogen-bond acceptors (Lipinski definition) is 2. The van der Waals surface area contributed by atoms with Crippen molar-refractivity contribution in [3.63, 3.8) is 0 Å². The van der Waals surface area contributed by atoms with Gasteiger partial charge in [-0.15, -0.1) is 0 Å². The van der Waals surface area contributed by atoms with E-state index in [1.54, 1.807) is 6.20 Å². The van der Waals surface area contributed by atoms with E-state index in [1.165, 1.54) is 0 Å². The van der Waals surface area contributed by atoms with Crippen molar-refractivity contribution in [2.24, 2.45) is 0 Å². The zero-order valence-electron chi connectivity index (χ0n) is 8.07. The van der Waals surface area contributed by atoms with E-state index in [2.05, 4.69) is 34.7 Å². The van der Waals surface area contributed by atoms with Crippen LogP contribution in [-0.4, -0.2) is 16.0 Å². The molecule has 1 aromatic heterocycles. The first-order valence-corrected chi connectivity index (χ1v) is 5.23. The molecule has 15 heavy (non-hydrogen) atoms. The summed E-state index contributed by atoms with van der Waals surface area (Å²) in [5.41, 5.74) is 2.97. The van der Waals surface area contributed by atoms with Crippen LogP contribution in [0.4, 0.5) is 0 Å². The average molecular weight is 214 g/mol. The first-order valence-electron chi connectivity index (χ1n) is 4.60. The highest BCUT2D eigenvalue weighted by atomic mass is 32.1. The van der Waals surface area contributed by atoms with Crippen LogP contribution in [0.2, 0.25) is 0 Å². The van der Waals surface area contributed by atoms with E-state index in [-0.39, 0.29) is 0 Å². The van der Waals surface area contributed by atoms with Crippen molar-refractivity contribution in [1.82, 2.24) is 10.2 Å². The van der Waals surface area contributed by atoms with Gasteiger partial charge in [0, 0.05) is 5.56 Å². The Morgan fingerprint density at radius 3 is 2.80 bits per heavy atom. The Balaban J connectivity index is 2.42. The summed E-state index contributed by atoms with van der Waals surface area (Å²) in [5.74, 6) is 6.49. The minimum absolute atomic E-state index is 0.555. The minimum atomic E-state index is 0.555. The molecule has 1 aromatic carbocycles. The van der Waals surface area contributed by atoms with Gasteiger partial charge in [-0.1, -0.05) is 42.2 Å². The summed E-state index contributed by atoms with van der Waals surface area (Å²) in [4.78, 5) is 0. The molecule has 1 N–H and O–H groups in total. The Labute approximate surface area is 94.1 Å². The third kappa shape index (κ3) is 2.23. The lowest BCUT2D eigenvalue weighted by molar-refractivity contribution is 1.10. The number of nitrogens with zero attached hydrogens (tertiary/aromatic N) is 1. The number of hydrogen-bond donors (Lipinski definition) is 2. The molecule has 0 fully saturated rings. The van der Waals surface area contributed by atoms with Crippen molar-refractivity contribution in [2.45, 2.75) is 0 Å². The molecule has 74 valence electrons. The minimum Gasteiger partial charge on any atom is -0.277 e. The Kier molecular flexibility index (Phi) is 3.11. The van der Waals surface area contributed by atoms with Crippen molar-refractivity contribution in [1.29, 1.82) is 0 Å². The van der Waals surface area contributed by atoms with Crippen molar-refractivity contribution in [3.05, 3.63) is 42.1 Å². The molecule has 2 nitrogen and oxygen atoms in total. The van der Waals surface area contributed by atoms with Gasteiger partial charge >= 0.3 is 0 Å². The third-order valence-corrected chi connectivity index (χ3v) is 2.16. The second kappa shape index (κ2) is 4.72. The Morgan fingerprint density at radius 2 is 2.07 bits per heavy atom. The Morgan fingerprint density at radius 1 is 1.27 bits per heavy atom. The summed E-state index contributed by atoms with van der Waals surface area (Å²) in [6, 6.07) is 10.0. The first kappa shape index (κ1) is 9.88. The average Bonchev–Trinajstić information content (AvgIpc) is 2.75. The highest BCUT2D eigenvalue weighted by molar-refractivity contribution is 7.80. The number of rotatable bonds is 1. The van der Waals surface area contributed by atoms with E-state index < -0.39 is 0 Å². The molecule has 0 atom stereocenters. The number of benzene rings is 1. The fourth-order valence-corrected chi connectivity index (χ4v) is 1.42. The summed E-state index contributed by atoms with van der Waals surface area (Å²) in [5, 5.41) is 6.95. The van der Waals surface area contributed by atoms with Gasteiger partial charge in [0.05, 0.1) is 23.2 Å². The first-order chi connectivity index (χ1) is 7.42. The molecule has 3 heteroatoms. The number of H-pyrrole nitrogens is 1. The monoisotopic (exact) mass is 214 g/mol. The molecule has 0 saturated heterocycles. The molecule has 1 heterocycles. The smallest absolute Gasteiger partial charge is 0.0806 e. The number of thiol groups is 1. The number of nitrogens with one attached hydrogen (secondary N) is 1. The summed E-state index contributed by atoms with van der Waals surface area (Å²) in [7, 11) is 0. The Hall–Kier alpha value is -1.66. The van der Waals surface area contributed by atoms with Crippen LogP contribution in [0.5, 0.6) is 0 Å². The van der Waals surface area contributed by atoms with Crippen LogP contribution in [0.1, 0.15) is 5.56 Å². The highest BCUT2D eigenvalue weighted by Gasteiger charge is 2.03. The van der Waals surface area contributed by atoms with Crippen LogP contribution in [0.3, 0.4) is 0 Å². The lowest BCUT2D eigenvalue weighted by Gasteiger charge is -1.96. The molecule has 0 aliphatic rings. The van der Waals surface area contributed by atoms with Crippen LogP contribution in [0, 0.1) is 11.8 Å². The largest absolute Gasteiger partial charge is 0.277 e. The van der Waals surface area contributed by atoms with E-state index in [1.807, 2.05) is 30.3 Å². The number of aromatic amines is 1. The van der Waals surface area contributed by atoms with Crippen molar-refractivity contribution >= 4 is 12.6 Å². The van der Waals surface area contributed by atoms with Crippen molar-refractivity contribution < 1.29 is 0 Å². The van der Waals surface area contributed by atoms with Gasteiger partial charge in [-0.2, -0.15) is 17.7 Å². The molecule has 0 unspecified atom stereocenters. The van der Waals surface area contributed by atoms with Crippen LogP contribution in [-0.2, 0) is 0 Å². The molecule has 0 amide bonds. The van der Waals surface area contributed by atoms with Gasteiger partial charge in [0.25, 0.3) is 0 Å². The second-order valence-electron chi connectivity index (χ2n) is 2.98. The van der Waals surface area contributed by atoms with Crippen LogP contribution >= 0.6 is 12.6 Å². The SMILES string of the molecule is SCC#Cc1cn[nH]c1-c1ccccc1. The van der Waals surface area contributed by atoms with E-state index in [9.17, 15) is 0 Å². The van der Waals surface area contributed by atoms with E-state index in [0.717, 1.165) is 16.8 Å². The van der Waals surface area contributed by atoms with Crippen molar-refractivity contribution in [3.8, 4) is 23.1 Å². The molecule has 0 bridgehead atoms. The van der Waals surface area contributed by atoms with Crippen molar-refractivity contribution in [2.75, 3.05) is 5.75 Å². The predicted molar refractivity (Wildman–Crippen MR) is 64.8 cm³/mol. The van der Waals surface area contributed by atoms with Crippen LogP contribution in [0.15, 0.2) is 36.5 Å². The molecule has 0 radical (unpaired) electrons. The van der Waals surface area contributed by atoms with E-state index in [0.29, 0.717) is 5.75 Å². The normalized spacial score (nSPS) is 9.40. The molecule has 0 spiro atoms. The third-order valence-electron chi connectivity index (χ3n) is 2.00. The fraction of sp³-hybridized carbons (Fsp3) is 0.0833. The maximum absolute atomic E-state index is 4.05. The van der Waals surface area contributed by atoms with Gasteiger partial charge in [-0.05, 0) is 0 Å². The summed E-state index contributed by atoms with van der Waals surface area (Å²) in [6.07, 6.45) is 1.73. The van der Waals surface area contributed by atoms with Gasteiger partial charge in [-0.3, -0.25) is 5.10 Å². The maximum Gasteiger partial charge on any atom is 0.0806 e. The van der Waals surface area contributed by atoms with E-state index in [4.69, 9.17) is 0 Å². The van der Waals surface area contributed by atoms with Gasteiger partial charge in [0.2, 0.25) is 0 Å². The Bertz CT molecular complexity index is 491. The predicted octanol–water partition coefficient (Wildman–Crippen LogP) is 2.36. The highest BCUT2D eigenvalue weighted by Crippen LogP contribution is 2.19. The zero-order chi connectivity index (χ0) is 10.5. The van der Waals surface area contributed by atoms with Gasteiger partial charge < -0.3 is 0 Å². The summed E-state index contributed by atoms with van der Waals surface area (Å²) >= 11 is 4.05. The molecular weight excluding hydrogens is 204 g/mol. The summed E-state index contributed by atoms with van der Waals surface area (Å²) < 4.78 is 0. The van der Waals surface area contributed by atoms with E-state index >= 15 is 0 Å². The zero-order valence-corrected chi connectivity index (χ0v) is 8.96.